The van der Waals surface area contributed by atoms with Crippen LogP contribution in [0.5, 0.6) is 5.75 Å². The van der Waals surface area contributed by atoms with Crippen molar-refractivity contribution >= 4 is 20.8 Å². The number of hydrogen-bond acceptors (Lipinski definition) is 5. The molecule has 0 unspecified atom stereocenters. The fourth-order valence-electron chi connectivity index (χ4n) is 4.01. The van der Waals surface area contributed by atoms with Crippen LogP contribution in [0.2, 0.25) is 0 Å². The molecule has 30 heavy (non-hydrogen) atoms. The summed E-state index contributed by atoms with van der Waals surface area (Å²) in [5, 5.41) is 10.3. The average molecular weight is 427 g/mol. The SMILES string of the molecule is O=S(=O)(NC1CCN(Cc2ccccc2)CC1)c1ccc(OCO)c2ccccc12. The van der Waals surface area contributed by atoms with Crippen LogP contribution in [-0.4, -0.2) is 44.3 Å². The number of aliphatic hydroxyl groups excluding tert-OH is 1. The zero-order chi connectivity index (χ0) is 21.0. The average Bonchev–Trinajstić information content (AvgIpc) is 2.76. The van der Waals surface area contributed by atoms with Gasteiger partial charge >= 0.3 is 0 Å². The molecule has 7 heteroatoms. The fraction of sp³-hybridized carbons (Fsp3) is 0.304. The summed E-state index contributed by atoms with van der Waals surface area (Å²) in [5.74, 6) is 0.460. The molecule has 1 aliphatic rings. The summed E-state index contributed by atoms with van der Waals surface area (Å²) in [6.45, 7) is 2.13. The lowest BCUT2D eigenvalue weighted by Gasteiger charge is -2.32. The van der Waals surface area contributed by atoms with E-state index in [-0.39, 0.29) is 10.9 Å². The van der Waals surface area contributed by atoms with Gasteiger partial charge in [-0.15, -0.1) is 0 Å². The monoisotopic (exact) mass is 426 g/mol. The Kier molecular flexibility index (Phi) is 6.34. The van der Waals surface area contributed by atoms with Crippen molar-refractivity contribution in [2.24, 2.45) is 0 Å². The van der Waals surface area contributed by atoms with E-state index in [0.717, 1.165) is 32.5 Å². The lowest BCUT2D eigenvalue weighted by molar-refractivity contribution is 0.1000. The molecule has 0 atom stereocenters. The number of nitrogens with zero attached hydrogens (tertiary/aromatic N) is 1. The molecule has 4 rings (SSSR count). The number of ether oxygens (including phenoxy) is 1. The van der Waals surface area contributed by atoms with Crippen LogP contribution in [-0.2, 0) is 16.6 Å². The van der Waals surface area contributed by atoms with E-state index in [2.05, 4.69) is 21.8 Å². The van der Waals surface area contributed by atoms with E-state index in [9.17, 15) is 8.42 Å². The second-order valence-electron chi connectivity index (χ2n) is 7.54. The van der Waals surface area contributed by atoms with Crippen molar-refractivity contribution in [1.82, 2.24) is 9.62 Å². The molecule has 3 aromatic rings. The normalized spacial score (nSPS) is 16.0. The van der Waals surface area contributed by atoms with Crippen LogP contribution in [0.25, 0.3) is 10.8 Å². The molecule has 0 radical (unpaired) electrons. The maximum Gasteiger partial charge on any atom is 0.241 e. The summed E-state index contributed by atoms with van der Waals surface area (Å²) >= 11 is 0. The van der Waals surface area contributed by atoms with E-state index >= 15 is 0 Å². The molecule has 6 nitrogen and oxygen atoms in total. The Morgan fingerprint density at radius 3 is 2.30 bits per heavy atom. The molecule has 0 saturated carbocycles. The minimum Gasteiger partial charge on any atom is -0.467 e. The van der Waals surface area contributed by atoms with Gasteiger partial charge in [0, 0.05) is 36.4 Å². The number of fused-ring (bicyclic) bond motifs is 1. The lowest BCUT2D eigenvalue weighted by atomic mass is 10.1. The number of likely N-dealkylation sites (tertiary alicyclic amines) is 1. The maximum atomic E-state index is 13.1. The van der Waals surface area contributed by atoms with Crippen molar-refractivity contribution in [3.8, 4) is 5.75 Å². The zero-order valence-corrected chi connectivity index (χ0v) is 17.5. The molecule has 0 aliphatic carbocycles. The largest absolute Gasteiger partial charge is 0.467 e. The highest BCUT2D eigenvalue weighted by Gasteiger charge is 2.26. The van der Waals surface area contributed by atoms with Crippen molar-refractivity contribution in [3.05, 3.63) is 72.3 Å². The molecular weight excluding hydrogens is 400 g/mol. The molecule has 158 valence electrons. The minimum atomic E-state index is -3.68. The first-order chi connectivity index (χ1) is 14.6. The summed E-state index contributed by atoms with van der Waals surface area (Å²) in [5.41, 5.74) is 1.27. The first kappa shape index (κ1) is 20.8. The number of hydrogen-bond donors (Lipinski definition) is 2. The third-order valence-electron chi connectivity index (χ3n) is 5.51. The second-order valence-corrected chi connectivity index (χ2v) is 9.22. The van der Waals surface area contributed by atoms with Crippen LogP contribution in [0.1, 0.15) is 18.4 Å². The van der Waals surface area contributed by atoms with Crippen molar-refractivity contribution in [2.75, 3.05) is 19.9 Å². The van der Waals surface area contributed by atoms with Crippen molar-refractivity contribution in [1.29, 1.82) is 0 Å². The third kappa shape index (κ3) is 4.65. The van der Waals surface area contributed by atoms with Crippen LogP contribution < -0.4 is 9.46 Å². The van der Waals surface area contributed by atoms with Gasteiger partial charge in [0.15, 0.2) is 6.79 Å². The predicted octanol–water partition coefficient (Wildman–Crippen LogP) is 3.11. The van der Waals surface area contributed by atoms with E-state index in [0.29, 0.717) is 16.5 Å². The Hall–Kier alpha value is -2.45. The Labute approximate surface area is 177 Å². The second kappa shape index (κ2) is 9.14. The molecule has 0 bridgehead atoms. The van der Waals surface area contributed by atoms with Gasteiger partial charge in [0.25, 0.3) is 0 Å². The van der Waals surface area contributed by atoms with E-state index in [1.807, 2.05) is 24.3 Å². The van der Waals surface area contributed by atoms with E-state index in [1.165, 1.54) is 5.56 Å². The topological polar surface area (TPSA) is 78.9 Å². The number of rotatable bonds is 7. The maximum absolute atomic E-state index is 13.1. The molecule has 1 saturated heterocycles. The summed E-state index contributed by atoms with van der Waals surface area (Å²) in [4.78, 5) is 2.59. The standard InChI is InChI=1S/C23H26N2O4S/c26-17-29-22-10-11-23(21-9-5-4-8-20(21)22)30(27,28)24-19-12-14-25(15-13-19)16-18-6-2-1-3-7-18/h1-11,19,24,26H,12-17H2. The van der Waals surface area contributed by atoms with Crippen molar-refractivity contribution in [2.45, 2.75) is 30.3 Å². The first-order valence-corrected chi connectivity index (χ1v) is 11.6. The van der Waals surface area contributed by atoms with Gasteiger partial charge in [-0.3, -0.25) is 4.90 Å². The molecule has 0 aromatic heterocycles. The highest BCUT2D eigenvalue weighted by atomic mass is 32.2. The summed E-state index contributed by atoms with van der Waals surface area (Å²) < 4.78 is 34.4. The molecule has 0 spiro atoms. The Morgan fingerprint density at radius 1 is 0.933 bits per heavy atom. The van der Waals surface area contributed by atoms with Crippen molar-refractivity contribution in [3.63, 3.8) is 0 Å². The van der Waals surface area contributed by atoms with Gasteiger partial charge in [-0.25, -0.2) is 13.1 Å². The number of piperidine rings is 1. The quantitative estimate of drug-likeness (QED) is 0.568. The lowest BCUT2D eigenvalue weighted by Crippen LogP contribution is -2.44. The van der Waals surface area contributed by atoms with Gasteiger partial charge in [0.1, 0.15) is 5.75 Å². The minimum absolute atomic E-state index is 0.0887. The van der Waals surface area contributed by atoms with Crippen LogP contribution in [0.15, 0.2) is 71.6 Å². The first-order valence-electron chi connectivity index (χ1n) is 10.1. The Morgan fingerprint density at radius 2 is 1.60 bits per heavy atom. The number of aliphatic hydroxyl groups is 1. The fourth-order valence-corrected chi connectivity index (χ4v) is 5.52. The van der Waals surface area contributed by atoms with Gasteiger partial charge < -0.3 is 9.84 Å². The molecule has 1 heterocycles. The highest BCUT2D eigenvalue weighted by Crippen LogP contribution is 2.31. The Balaban J connectivity index is 1.46. The van der Waals surface area contributed by atoms with Gasteiger partial charge in [-0.2, -0.15) is 0 Å². The molecule has 1 aliphatic heterocycles. The van der Waals surface area contributed by atoms with Gasteiger partial charge in [0.2, 0.25) is 10.0 Å². The van der Waals surface area contributed by atoms with Crippen LogP contribution in [0.4, 0.5) is 0 Å². The van der Waals surface area contributed by atoms with Crippen molar-refractivity contribution < 1.29 is 18.3 Å². The van der Waals surface area contributed by atoms with Crippen LogP contribution >= 0.6 is 0 Å². The number of sulfonamides is 1. The predicted molar refractivity (Wildman–Crippen MR) is 117 cm³/mol. The molecule has 2 N–H and O–H groups in total. The zero-order valence-electron chi connectivity index (χ0n) is 16.7. The summed E-state index contributed by atoms with van der Waals surface area (Å²) in [6.07, 6.45) is 1.55. The Bertz CT molecular complexity index is 1090. The van der Waals surface area contributed by atoms with E-state index < -0.39 is 16.8 Å². The summed E-state index contributed by atoms with van der Waals surface area (Å²) in [6, 6.07) is 20.5. The van der Waals surface area contributed by atoms with Crippen LogP contribution in [0, 0.1) is 0 Å². The molecule has 3 aromatic carbocycles. The number of nitrogens with one attached hydrogen (secondary N) is 1. The molecular formula is C23H26N2O4S. The highest BCUT2D eigenvalue weighted by molar-refractivity contribution is 7.89. The van der Waals surface area contributed by atoms with Gasteiger partial charge in [-0.05, 0) is 30.5 Å². The van der Waals surface area contributed by atoms with Gasteiger partial charge in [0.05, 0.1) is 4.90 Å². The summed E-state index contributed by atoms with van der Waals surface area (Å²) in [7, 11) is -3.68. The molecule has 1 fully saturated rings. The van der Waals surface area contributed by atoms with Gasteiger partial charge in [-0.1, -0.05) is 54.6 Å². The smallest absolute Gasteiger partial charge is 0.241 e. The third-order valence-corrected chi connectivity index (χ3v) is 7.09. The molecule has 0 amide bonds. The van der Waals surface area contributed by atoms with E-state index in [4.69, 9.17) is 9.84 Å². The van der Waals surface area contributed by atoms with Crippen LogP contribution in [0.3, 0.4) is 0 Å². The van der Waals surface area contributed by atoms with E-state index in [1.54, 1.807) is 30.3 Å². The number of benzene rings is 3.